The highest BCUT2D eigenvalue weighted by Gasteiger charge is 2.41. The Hall–Kier alpha value is -2.18. The number of carbonyl (C=O) groups is 1. The summed E-state index contributed by atoms with van der Waals surface area (Å²) >= 11 is 0. The number of nitrogens with zero attached hydrogens (tertiary/aromatic N) is 2. The maximum absolute atomic E-state index is 13.1. The molecule has 138 valence electrons. The summed E-state index contributed by atoms with van der Waals surface area (Å²) < 4.78 is 5.87. The standard InChI is InChI=1S/C20H25N3O3/c24-19(16-7-4-14-26-17(16)18-21-10-11-22-18)23-12-8-20(25,9-13-23)15-5-2-1-3-6-15/h1-3,5-6,10-11,16-17,25H,4,7-9,12-14H2,(H,21,22)/t16-,17-/m1/s1. The van der Waals surface area contributed by atoms with E-state index < -0.39 is 5.60 Å². The zero-order valence-electron chi connectivity index (χ0n) is 14.8. The van der Waals surface area contributed by atoms with Crippen molar-refractivity contribution in [1.29, 1.82) is 0 Å². The van der Waals surface area contributed by atoms with E-state index in [0.717, 1.165) is 24.2 Å². The molecule has 2 atom stereocenters. The van der Waals surface area contributed by atoms with E-state index in [9.17, 15) is 9.90 Å². The highest BCUT2D eigenvalue weighted by molar-refractivity contribution is 5.79. The molecule has 26 heavy (non-hydrogen) atoms. The first-order valence-corrected chi connectivity index (χ1v) is 9.35. The Bertz CT molecular complexity index is 724. The van der Waals surface area contributed by atoms with Gasteiger partial charge in [0.15, 0.2) is 0 Å². The van der Waals surface area contributed by atoms with Crippen molar-refractivity contribution >= 4 is 5.91 Å². The summed E-state index contributed by atoms with van der Waals surface area (Å²) in [6, 6.07) is 9.75. The molecule has 1 amide bonds. The number of hydrogen-bond acceptors (Lipinski definition) is 4. The van der Waals surface area contributed by atoms with E-state index in [1.165, 1.54) is 0 Å². The minimum atomic E-state index is -0.846. The van der Waals surface area contributed by atoms with Gasteiger partial charge in [-0.15, -0.1) is 0 Å². The van der Waals surface area contributed by atoms with Gasteiger partial charge in [0, 0.05) is 32.1 Å². The molecule has 2 saturated heterocycles. The number of hydrogen-bond donors (Lipinski definition) is 2. The number of amides is 1. The first-order chi connectivity index (χ1) is 12.7. The van der Waals surface area contributed by atoms with Gasteiger partial charge >= 0.3 is 0 Å². The number of aliphatic hydroxyl groups is 1. The van der Waals surface area contributed by atoms with E-state index in [1.807, 2.05) is 35.2 Å². The third-order valence-electron chi connectivity index (χ3n) is 5.64. The number of benzene rings is 1. The lowest BCUT2D eigenvalue weighted by Crippen LogP contribution is -2.48. The van der Waals surface area contributed by atoms with E-state index in [4.69, 9.17) is 4.74 Å². The van der Waals surface area contributed by atoms with E-state index in [-0.39, 0.29) is 17.9 Å². The van der Waals surface area contributed by atoms with Gasteiger partial charge in [-0.2, -0.15) is 0 Å². The van der Waals surface area contributed by atoms with Gasteiger partial charge in [-0.3, -0.25) is 4.79 Å². The lowest BCUT2D eigenvalue weighted by molar-refractivity contribution is -0.150. The van der Waals surface area contributed by atoms with Gasteiger partial charge in [-0.05, 0) is 31.2 Å². The molecule has 0 radical (unpaired) electrons. The molecule has 2 aliphatic rings. The van der Waals surface area contributed by atoms with Gasteiger partial charge in [-0.25, -0.2) is 4.98 Å². The third kappa shape index (κ3) is 3.27. The van der Waals surface area contributed by atoms with Crippen LogP contribution in [0.2, 0.25) is 0 Å². The molecule has 2 N–H and O–H groups in total. The Balaban J connectivity index is 1.44. The molecule has 2 aliphatic heterocycles. The molecule has 4 rings (SSSR count). The van der Waals surface area contributed by atoms with Gasteiger partial charge in [0.2, 0.25) is 5.91 Å². The van der Waals surface area contributed by atoms with Crippen LogP contribution in [0.15, 0.2) is 42.7 Å². The van der Waals surface area contributed by atoms with Crippen molar-refractivity contribution in [3.8, 4) is 0 Å². The van der Waals surface area contributed by atoms with Crippen LogP contribution in [0.5, 0.6) is 0 Å². The predicted octanol–water partition coefficient (Wildman–Crippen LogP) is 2.39. The molecule has 0 unspecified atom stereocenters. The maximum Gasteiger partial charge on any atom is 0.228 e. The van der Waals surface area contributed by atoms with Crippen LogP contribution < -0.4 is 0 Å². The molecule has 0 saturated carbocycles. The Morgan fingerprint density at radius 1 is 1.27 bits per heavy atom. The number of imidazole rings is 1. The van der Waals surface area contributed by atoms with Gasteiger partial charge < -0.3 is 19.7 Å². The van der Waals surface area contributed by atoms with Gasteiger partial charge in [-0.1, -0.05) is 30.3 Å². The summed E-state index contributed by atoms with van der Waals surface area (Å²) in [6.07, 6.45) is 5.95. The maximum atomic E-state index is 13.1. The largest absolute Gasteiger partial charge is 0.385 e. The molecule has 6 nitrogen and oxygen atoms in total. The monoisotopic (exact) mass is 355 g/mol. The SMILES string of the molecule is O=C([C@@H]1CCCO[C@H]1c1ncc[nH]1)N1CCC(O)(c2ccccc2)CC1. The number of ether oxygens (including phenoxy) is 1. The van der Waals surface area contributed by atoms with Crippen LogP contribution in [0, 0.1) is 5.92 Å². The lowest BCUT2D eigenvalue weighted by atomic mass is 9.83. The minimum Gasteiger partial charge on any atom is -0.385 e. The van der Waals surface area contributed by atoms with Crippen molar-refractivity contribution < 1.29 is 14.6 Å². The number of aromatic nitrogens is 2. The van der Waals surface area contributed by atoms with Crippen LogP contribution in [0.4, 0.5) is 0 Å². The molecule has 0 aliphatic carbocycles. The van der Waals surface area contributed by atoms with Crippen LogP contribution in [0.1, 0.15) is 43.2 Å². The number of nitrogens with one attached hydrogen (secondary N) is 1. The number of likely N-dealkylation sites (tertiary alicyclic amines) is 1. The molecule has 2 aromatic rings. The number of aromatic amines is 1. The van der Waals surface area contributed by atoms with Gasteiger partial charge in [0.05, 0.1) is 11.5 Å². The molecule has 2 fully saturated rings. The molecule has 6 heteroatoms. The second-order valence-corrected chi connectivity index (χ2v) is 7.24. The summed E-state index contributed by atoms with van der Waals surface area (Å²) in [5, 5.41) is 11.0. The highest BCUT2D eigenvalue weighted by atomic mass is 16.5. The van der Waals surface area contributed by atoms with Crippen molar-refractivity contribution in [3.05, 3.63) is 54.1 Å². The van der Waals surface area contributed by atoms with E-state index >= 15 is 0 Å². The molecule has 0 spiro atoms. The van der Waals surface area contributed by atoms with E-state index in [2.05, 4.69) is 9.97 Å². The molecule has 1 aromatic carbocycles. The molecule has 1 aromatic heterocycles. The predicted molar refractivity (Wildman–Crippen MR) is 96.2 cm³/mol. The molecule has 0 bridgehead atoms. The number of H-pyrrole nitrogens is 1. The van der Waals surface area contributed by atoms with E-state index in [1.54, 1.807) is 12.4 Å². The van der Waals surface area contributed by atoms with Gasteiger partial charge in [0.1, 0.15) is 11.9 Å². The fourth-order valence-corrected chi connectivity index (χ4v) is 4.11. The quantitative estimate of drug-likeness (QED) is 0.886. The Kier molecular flexibility index (Phi) is 4.78. The first kappa shape index (κ1) is 17.2. The fourth-order valence-electron chi connectivity index (χ4n) is 4.11. The summed E-state index contributed by atoms with van der Waals surface area (Å²) in [5.41, 5.74) is 0.0863. The average Bonchev–Trinajstić information content (AvgIpc) is 3.23. The fraction of sp³-hybridized carbons (Fsp3) is 0.500. The number of carbonyl (C=O) groups excluding carboxylic acids is 1. The topological polar surface area (TPSA) is 78.5 Å². The Morgan fingerprint density at radius 3 is 2.73 bits per heavy atom. The lowest BCUT2D eigenvalue weighted by Gasteiger charge is -2.41. The van der Waals surface area contributed by atoms with Crippen LogP contribution in [0.25, 0.3) is 0 Å². The first-order valence-electron chi connectivity index (χ1n) is 9.35. The van der Waals surface area contributed by atoms with Crippen LogP contribution in [0.3, 0.4) is 0 Å². The van der Waals surface area contributed by atoms with Crippen LogP contribution in [-0.2, 0) is 15.1 Å². The summed E-state index contributed by atoms with van der Waals surface area (Å²) in [5.74, 6) is 0.625. The molecular formula is C20H25N3O3. The van der Waals surface area contributed by atoms with Crippen molar-refractivity contribution in [3.63, 3.8) is 0 Å². The summed E-state index contributed by atoms with van der Waals surface area (Å²) in [6.45, 7) is 1.78. The zero-order valence-corrected chi connectivity index (χ0v) is 14.8. The zero-order chi connectivity index (χ0) is 18.0. The van der Waals surface area contributed by atoms with Gasteiger partial charge in [0.25, 0.3) is 0 Å². The van der Waals surface area contributed by atoms with Crippen molar-refractivity contribution in [1.82, 2.24) is 14.9 Å². The minimum absolute atomic E-state index is 0.112. The normalized spacial score (nSPS) is 25.8. The smallest absolute Gasteiger partial charge is 0.228 e. The van der Waals surface area contributed by atoms with Crippen molar-refractivity contribution in [2.45, 2.75) is 37.4 Å². The second-order valence-electron chi connectivity index (χ2n) is 7.24. The van der Waals surface area contributed by atoms with Crippen molar-refractivity contribution in [2.24, 2.45) is 5.92 Å². The molecular weight excluding hydrogens is 330 g/mol. The van der Waals surface area contributed by atoms with Crippen LogP contribution in [-0.4, -0.2) is 45.6 Å². The third-order valence-corrected chi connectivity index (χ3v) is 5.64. The Labute approximate surface area is 153 Å². The molecule has 3 heterocycles. The average molecular weight is 355 g/mol. The number of rotatable bonds is 3. The second kappa shape index (κ2) is 7.21. The van der Waals surface area contributed by atoms with E-state index in [0.29, 0.717) is 32.5 Å². The van der Waals surface area contributed by atoms with Crippen LogP contribution >= 0.6 is 0 Å². The summed E-state index contributed by atoms with van der Waals surface area (Å²) in [7, 11) is 0. The van der Waals surface area contributed by atoms with Crippen molar-refractivity contribution in [2.75, 3.05) is 19.7 Å². The number of piperidine rings is 1. The highest BCUT2D eigenvalue weighted by Crippen LogP contribution is 2.37. The summed E-state index contributed by atoms with van der Waals surface area (Å²) in [4.78, 5) is 22.4. The Morgan fingerprint density at radius 2 is 2.04 bits per heavy atom.